The monoisotopic (exact) mass is 280 g/mol. The summed E-state index contributed by atoms with van der Waals surface area (Å²) < 4.78 is 0. The van der Waals surface area contributed by atoms with Crippen LogP contribution in [0, 0.1) is 29.1 Å². The number of nitrogens with one attached hydrogen (secondary N) is 1. The second-order valence-electron chi connectivity index (χ2n) is 6.71. The van der Waals surface area contributed by atoms with Gasteiger partial charge >= 0.3 is 0 Å². The Hall–Kier alpha value is -2.10. The fraction of sp³-hybridized carbons (Fsp3) is 0.412. The van der Waals surface area contributed by atoms with Gasteiger partial charge in [-0.2, -0.15) is 0 Å². The first-order chi connectivity index (χ1) is 10.2. The van der Waals surface area contributed by atoms with Crippen LogP contribution in [-0.4, -0.2) is 11.8 Å². The van der Waals surface area contributed by atoms with E-state index in [1.807, 2.05) is 30.3 Å². The molecule has 1 heterocycles. The Morgan fingerprint density at radius 1 is 1.00 bits per heavy atom. The van der Waals surface area contributed by atoms with Crippen LogP contribution in [0.5, 0.6) is 0 Å². The third-order valence-electron chi connectivity index (χ3n) is 5.89. The average molecular weight is 280 g/mol. The van der Waals surface area contributed by atoms with E-state index in [0.29, 0.717) is 0 Å². The van der Waals surface area contributed by atoms with Crippen LogP contribution in [0.1, 0.15) is 12.8 Å². The highest BCUT2D eigenvalue weighted by atomic mass is 16.2. The Labute approximate surface area is 122 Å². The Morgan fingerprint density at radius 2 is 1.67 bits per heavy atom. The molecule has 3 aliphatic carbocycles. The predicted molar refractivity (Wildman–Crippen MR) is 76.8 cm³/mol. The van der Waals surface area contributed by atoms with Gasteiger partial charge in [-0.05, 0) is 42.2 Å². The zero-order valence-corrected chi connectivity index (χ0v) is 11.5. The third kappa shape index (κ3) is 1.26. The molecule has 1 spiro atoms. The third-order valence-corrected chi connectivity index (χ3v) is 5.89. The van der Waals surface area contributed by atoms with Gasteiger partial charge in [0.05, 0.1) is 17.5 Å². The van der Waals surface area contributed by atoms with Crippen molar-refractivity contribution in [2.75, 3.05) is 5.01 Å². The zero-order valence-electron chi connectivity index (χ0n) is 11.5. The van der Waals surface area contributed by atoms with Crippen LogP contribution >= 0.6 is 0 Å². The molecule has 2 amide bonds. The van der Waals surface area contributed by atoms with Crippen LogP contribution in [-0.2, 0) is 9.59 Å². The molecule has 1 aromatic carbocycles. The Balaban J connectivity index is 1.57. The Kier molecular flexibility index (Phi) is 1.96. The van der Waals surface area contributed by atoms with E-state index in [4.69, 9.17) is 0 Å². The van der Waals surface area contributed by atoms with E-state index >= 15 is 0 Å². The molecule has 21 heavy (non-hydrogen) atoms. The fourth-order valence-corrected chi connectivity index (χ4v) is 4.85. The summed E-state index contributed by atoms with van der Waals surface area (Å²) in [7, 11) is 0. The van der Waals surface area contributed by atoms with Crippen LogP contribution in [0.15, 0.2) is 42.5 Å². The summed E-state index contributed by atoms with van der Waals surface area (Å²) in [6, 6.07) is 9.37. The zero-order chi connectivity index (χ0) is 14.2. The molecular formula is C17H16N2O2. The van der Waals surface area contributed by atoms with Gasteiger partial charge in [0, 0.05) is 0 Å². The van der Waals surface area contributed by atoms with E-state index in [9.17, 15) is 9.59 Å². The van der Waals surface area contributed by atoms with Crippen molar-refractivity contribution < 1.29 is 9.59 Å². The van der Waals surface area contributed by atoms with Crippen molar-refractivity contribution in [1.29, 1.82) is 0 Å². The largest absolute Gasteiger partial charge is 0.273 e. The highest BCUT2D eigenvalue weighted by Gasteiger charge is 2.71. The maximum Gasteiger partial charge on any atom is 0.250 e. The molecule has 1 saturated heterocycles. The normalized spacial score (nSPS) is 37.8. The quantitative estimate of drug-likeness (QED) is 0.799. The van der Waals surface area contributed by atoms with Gasteiger partial charge in [-0.3, -0.25) is 15.0 Å². The molecule has 4 atom stereocenters. The summed E-state index contributed by atoms with van der Waals surface area (Å²) in [5, 5.41) is 1.45. The summed E-state index contributed by atoms with van der Waals surface area (Å²) in [5.74, 6) is 0.263. The predicted octanol–water partition coefficient (Wildman–Crippen LogP) is 1.89. The van der Waals surface area contributed by atoms with Crippen LogP contribution in [0.3, 0.4) is 0 Å². The van der Waals surface area contributed by atoms with Gasteiger partial charge in [-0.25, -0.2) is 5.01 Å². The number of rotatable bonds is 1. The highest BCUT2D eigenvalue weighted by molar-refractivity contribution is 6.05. The molecule has 4 nitrogen and oxygen atoms in total. The van der Waals surface area contributed by atoms with E-state index in [1.165, 1.54) is 5.01 Å². The van der Waals surface area contributed by atoms with E-state index in [1.54, 1.807) is 0 Å². The standard InChI is InChI=1S/C17H16N2O2/c20-15-13-11-6-7-12(17(11)8-9-17)14(13)16(21)19(18-15)10-4-2-1-3-5-10/h1-7,11-14H,8-9H2,(H,18,20)/t11-,12+,13+,14+/m0/s1. The molecule has 2 saturated carbocycles. The van der Waals surface area contributed by atoms with Gasteiger partial charge in [0.15, 0.2) is 0 Å². The van der Waals surface area contributed by atoms with Gasteiger partial charge < -0.3 is 0 Å². The molecule has 1 N–H and O–H groups in total. The molecule has 5 rings (SSSR count). The SMILES string of the molecule is O=C1NN(c2ccccc2)C(=O)[C@H]2[C@H]1[C@@H]1C=C[C@H]2C12CC2. The molecule has 4 heteroatoms. The van der Waals surface area contributed by atoms with Gasteiger partial charge in [0.2, 0.25) is 11.8 Å². The second-order valence-corrected chi connectivity index (χ2v) is 6.71. The van der Waals surface area contributed by atoms with Crippen molar-refractivity contribution in [3.63, 3.8) is 0 Å². The number of hydrogen-bond acceptors (Lipinski definition) is 2. The van der Waals surface area contributed by atoms with E-state index in [2.05, 4.69) is 17.6 Å². The molecule has 2 bridgehead atoms. The van der Waals surface area contributed by atoms with Crippen molar-refractivity contribution in [3.8, 4) is 0 Å². The smallest absolute Gasteiger partial charge is 0.250 e. The van der Waals surface area contributed by atoms with Crippen LogP contribution in [0.4, 0.5) is 5.69 Å². The van der Waals surface area contributed by atoms with Crippen molar-refractivity contribution >= 4 is 17.5 Å². The minimum atomic E-state index is -0.170. The highest BCUT2D eigenvalue weighted by Crippen LogP contribution is 2.72. The van der Waals surface area contributed by atoms with Crippen LogP contribution in [0.2, 0.25) is 0 Å². The minimum Gasteiger partial charge on any atom is -0.273 e. The number of hydrazine groups is 1. The maximum absolute atomic E-state index is 12.9. The van der Waals surface area contributed by atoms with E-state index in [-0.39, 0.29) is 40.9 Å². The molecule has 0 radical (unpaired) electrons. The summed E-state index contributed by atoms with van der Waals surface area (Å²) in [4.78, 5) is 25.5. The van der Waals surface area contributed by atoms with Gasteiger partial charge in [0.1, 0.15) is 0 Å². The summed E-state index contributed by atoms with van der Waals surface area (Å²) >= 11 is 0. The van der Waals surface area contributed by atoms with Gasteiger partial charge in [0.25, 0.3) is 0 Å². The Morgan fingerprint density at radius 3 is 2.33 bits per heavy atom. The van der Waals surface area contributed by atoms with Gasteiger partial charge in [-0.15, -0.1) is 0 Å². The average Bonchev–Trinajstić information content (AvgIpc) is 3.17. The summed E-state index contributed by atoms with van der Waals surface area (Å²) in [5.41, 5.74) is 3.79. The number of carbonyl (C=O) groups excluding carboxylic acids is 2. The molecule has 3 fully saturated rings. The maximum atomic E-state index is 12.9. The number of carbonyl (C=O) groups is 2. The number of hydrogen-bond donors (Lipinski definition) is 1. The van der Waals surface area contributed by atoms with Crippen molar-refractivity contribution in [2.24, 2.45) is 29.1 Å². The first-order valence-electron chi connectivity index (χ1n) is 7.60. The Bertz CT molecular complexity index is 677. The fourth-order valence-electron chi connectivity index (χ4n) is 4.85. The minimum absolute atomic E-state index is 0.00609. The summed E-state index contributed by atoms with van der Waals surface area (Å²) in [6.07, 6.45) is 6.70. The molecule has 0 aromatic heterocycles. The lowest BCUT2D eigenvalue weighted by molar-refractivity contribution is -0.140. The molecule has 0 unspecified atom stereocenters. The van der Waals surface area contributed by atoms with E-state index in [0.717, 1.165) is 18.5 Å². The first-order valence-corrected chi connectivity index (χ1v) is 7.60. The van der Waals surface area contributed by atoms with Crippen LogP contribution in [0.25, 0.3) is 0 Å². The van der Waals surface area contributed by atoms with Gasteiger partial charge in [-0.1, -0.05) is 30.4 Å². The lowest BCUT2D eigenvalue weighted by Gasteiger charge is -2.37. The number of para-hydroxylation sites is 1. The van der Waals surface area contributed by atoms with Crippen molar-refractivity contribution in [3.05, 3.63) is 42.5 Å². The lowest BCUT2D eigenvalue weighted by Crippen LogP contribution is -2.60. The number of amides is 2. The first kappa shape index (κ1) is 11.5. The number of nitrogens with zero attached hydrogens (tertiary/aromatic N) is 1. The van der Waals surface area contributed by atoms with Crippen molar-refractivity contribution in [1.82, 2.24) is 5.43 Å². The lowest BCUT2D eigenvalue weighted by atomic mass is 9.80. The number of fused-ring (bicyclic) bond motifs is 3. The molecule has 106 valence electrons. The topological polar surface area (TPSA) is 49.4 Å². The van der Waals surface area contributed by atoms with Crippen LogP contribution < -0.4 is 10.4 Å². The molecule has 1 aliphatic heterocycles. The summed E-state index contributed by atoms with van der Waals surface area (Å²) in [6.45, 7) is 0. The molecule has 4 aliphatic rings. The second kappa shape index (κ2) is 3.56. The number of allylic oxidation sites excluding steroid dienone is 2. The van der Waals surface area contributed by atoms with Crippen molar-refractivity contribution in [2.45, 2.75) is 12.8 Å². The van der Waals surface area contributed by atoms with E-state index < -0.39 is 0 Å². The number of benzene rings is 1. The molecular weight excluding hydrogens is 264 g/mol. The molecule has 1 aromatic rings. The number of anilines is 1.